The van der Waals surface area contributed by atoms with Gasteiger partial charge in [0.1, 0.15) is 0 Å². The molecule has 102 valence electrons. The molecule has 1 aliphatic rings. The maximum atomic E-state index is 11.9. The monoisotopic (exact) mass is 279 g/mol. The highest BCUT2D eigenvalue weighted by Gasteiger charge is 2.34. The van der Waals surface area contributed by atoms with Gasteiger partial charge in [0, 0.05) is 18.7 Å². The molecule has 1 aromatic carbocycles. The molecule has 1 amide bonds. The highest BCUT2D eigenvalue weighted by Crippen LogP contribution is 2.26. The number of carbonyl (C=O) groups excluding carboxylic acids is 2. The molecule has 0 aliphatic carbocycles. The van der Waals surface area contributed by atoms with Crippen molar-refractivity contribution in [3.05, 3.63) is 29.8 Å². The molecule has 0 N–H and O–H groups in total. The van der Waals surface area contributed by atoms with E-state index in [9.17, 15) is 9.59 Å². The molecule has 3 nitrogen and oxygen atoms in total. The van der Waals surface area contributed by atoms with Crippen molar-refractivity contribution >= 4 is 28.4 Å². The van der Waals surface area contributed by atoms with Crippen LogP contribution >= 0.6 is 11.6 Å². The fourth-order valence-electron chi connectivity index (χ4n) is 2.33. The summed E-state index contributed by atoms with van der Waals surface area (Å²) in [6.07, 6.45) is 3.63. The first-order valence-electron chi connectivity index (χ1n) is 6.70. The van der Waals surface area contributed by atoms with Crippen LogP contribution in [0.3, 0.4) is 0 Å². The van der Waals surface area contributed by atoms with E-state index in [0.717, 1.165) is 12.1 Å². The predicted molar refractivity (Wildman–Crippen MR) is 76.4 cm³/mol. The summed E-state index contributed by atoms with van der Waals surface area (Å²) in [6, 6.07) is 8.00. The number of hydrogen-bond donors (Lipinski definition) is 0. The van der Waals surface area contributed by atoms with E-state index in [1.807, 2.05) is 24.3 Å². The molecule has 0 aromatic heterocycles. The van der Waals surface area contributed by atoms with Crippen molar-refractivity contribution in [2.24, 2.45) is 5.92 Å². The molecule has 1 fully saturated rings. The number of unbranched alkanes of at least 4 members (excludes halogenated alkanes) is 1. The summed E-state index contributed by atoms with van der Waals surface area (Å²) in [5.41, 5.74) is 2.13. The lowest BCUT2D eigenvalue weighted by Gasteiger charge is -2.16. The first kappa shape index (κ1) is 14.1. The highest BCUT2D eigenvalue weighted by molar-refractivity contribution is 6.64. The minimum Gasteiger partial charge on any atom is -0.312 e. The average molecular weight is 280 g/mol. The van der Waals surface area contributed by atoms with E-state index in [4.69, 9.17) is 11.6 Å². The summed E-state index contributed by atoms with van der Waals surface area (Å²) in [5, 5.41) is -0.421. The number of rotatable bonds is 5. The zero-order chi connectivity index (χ0) is 13.8. The maximum absolute atomic E-state index is 11.9. The van der Waals surface area contributed by atoms with Gasteiger partial charge in [0.2, 0.25) is 11.1 Å². The standard InChI is InChI=1S/C15H18ClNO2/c1-2-3-4-11-5-7-13(8-6-11)17-10-12(15(16)19)9-14(17)18/h5-8,12H,2-4,9-10H2,1H3. The molecule has 19 heavy (non-hydrogen) atoms. The summed E-state index contributed by atoms with van der Waals surface area (Å²) in [7, 11) is 0. The molecular weight excluding hydrogens is 262 g/mol. The molecule has 0 spiro atoms. The Morgan fingerprint density at radius 2 is 2.05 bits per heavy atom. The van der Waals surface area contributed by atoms with Crippen molar-refractivity contribution in [1.82, 2.24) is 0 Å². The second kappa shape index (κ2) is 6.20. The number of carbonyl (C=O) groups is 2. The van der Waals surface area contributed by atoms with Crippen LogP contribution < -0.4 is 4.90 Å². The van der Waals surface area contributed by atoms with Crippen molar-refractivity contribution in [3.8, 4) is 0 Å². The number of halogens is 1. The van der Waals surface area contributed by atoms with E-state index >= 15 is 0 Å². The smallest absolute Gasteiger partial charge is 0.227 e. The topological polar surface area (TPSA) is 37.4 Å². The van der Waals surface area contributed by atoms with Gasteiger partial charge >= 0.3 is 0 Å². The number of nitrogens with zero attached hydrogens (tertiary/aromatic N) is 1. The van der Waals surface area contributed by atoms with Crippen molar-refractivity contribution < 1.29 is 9.59 Å². The van der Waals surface area contributed by atoms with Crippen LogP contribution in [0.4, 0.5) is 5.69 Å². The van der Waals surface area contributed by atoms with Crippen molar-refractivity contribution in [1.29, 1.82) is 0 Å². The van der Waals surface area contributed by atoms with Gasteiger partial charge in [-0.3, -0.25) is 9.59 Å². The largest absolute Gasteiger partial charge is 0.312 e. The van der Waals surface area contributed by atoms with Crippen molar-refractivity contribution in [2.45, 2.75) is 32.6 Å². The van der Waals surface area contributed by atoms with Gasteiger partial charge in [-0.2, -0.15) is 0 Å². The Balaban J connectivity index is 2.06. The molecule has 4 heteroatoms. The molecule has 2 rings (SSSR count). The molecule has 0 saturated carbocycles. The van der Waals surface area contributed by atoms with Crippen LogP contribution in [0.2, 0.25) is 0 Å². The number of benzene rings is 1. The van der Waals surface area contributed by atoms with E-state index in [-0.39, 0.29) is 18.2 Å². The number of anilines is 1. The number of amides is 1. The molecule has 1 atom stereocenters. The average Bonchev–Trinajstić information content (AvgIpc) is 2.79. The van der Waals surface area contributed by atoms with Gasteiger partial charge in [0.15, 0.2) is 0 Å². The van der Waals surface area contributed by atoms with E-state index < -0.39 is 5.24 Å². The Morgan fingerprint density at radius 3 is 2.58 bits per heavy atom. The molecule has 1 saturated heterocycles. The summed E-state index contributed by atoms with van der Waals surface area (Å²) in [6.45, 7) is 2.57. The minimum absolute atomic E-state index is 0.0275. The van der Waals surface area contributed by atoms with E-state index in [1.54, 1.807) is 4.90 Å². The summed E-state index contributed by atoms with van der Waals surface area (Å²) in [4.78, 5) is 24.6. The summed E-state index contributed by atoms with van der Waals surface area (Å²) in [5.74, 6) is -0.394. The van der Waals surface area contributed by atoms with Gasteiger partial charge in [-0.1, -0.05) is 25.5 Å². The Bertz CT molecular complexity index is 470. The van der Waals surface area contributed by atoms with Gasteiger partial charge in [-0.25, -0.2) is 0 Å². The quantitative estimate of drug-likeness (QED) is 0.777. The summed E-state index contributed by atoms with van der Waals surface area (Å²) >= 11 is 5.47. The van der Waals surface area contributed by atoms with Crippen LogP contribution in [0.1, 0.15) is 31.7 Å². The van der Waals surface area contributed by atoms with Gasteiger partial charge in [-0.15, -0.1) is 0 Å². The molecule has 1 aromatic rings. The maximum Gasteiger partial charge on any atom is 0.227 e. The highest BCUT2D eigenvalue weighted by atomic mass is 35.5. The third-order valence-corrected chi connectivity index (χ3v) is 3.82. The van der Waals surface area contributed by atoms with Crippen molar-refractivity contribution in [3.63, 3.8) is 0 Å². The second-order valence-corrected chi connectivity index (χ2v) is 5.35. The zero-order valence-electron chi connectivity index (χ0n) is 11.1. The fourth-order valence-corrected chi connectivity index (χ4v) is 2.48. The lowest BCUT2D eigenvalue weighted by molar-refractivity contribution is -0.120. The molecule has 1 aliphatic heterocycles. The zero-order valence-corrected chi connectivity index (χ0v) is 11.8. The fraction of sp³-hybridized carbons (Fsp3) is 0.467. The number of aryl methyl sites for hydroxylation is 1. The molecular formula is C15H18ClNO2. The lowest BCUT2D eigenvalue weighted by atomic mass is 10.1. The normalized spacial score (nSPS) is 18.9. The molecule has 1 heterocycles. The predicted octanol–water partition coefficient (Wildman–Crippen LogP) is 3.15. The SMILES string of the molecule is CCCCc1ccc(N2CC(C(=O)Cl)CC2=O)cc1. The Morgan fingerprint density at radius 1 is 1.37 bits per heavy atom. The van der Waals surface area contributed by atoms with Gasteiger partial charge in [0.25, 0.3) is 0 Å². The van der Waals surface area contributed by atoms with E-state index in [1.165, 1.54) is 18.4 Å². The number of hydrogen-bond acceptors (Lipinski definition) is 2. The lowest BCUT2D eigenvalue weighted by Crippen LogP contribution is -2.25. The van der Waals surface area contributed by atoms with Gasteiger partial charge < -0.3 is 4.90 Å². The molecule has 0 radical (unpaired) electrons. The van der Waals surface area contributed by atoms with Gasteiger partial charge in [0.05, 0.1) is 5.92 Å². The van der Waals surface area contributed by atoms with Crippen molar-refractivity contribution in [2.75, 3.05) is 11.4 Å². The minimum atomic E-state index is -0.421. The van der Waals surface area contributed by atoms with Crippen LogP contribution in [0.5, 0.6) is 0 Å². The Kier molecular flexibility index (Phi) is 4.59. The first-order chi connectivity index (χ1) is 9.11. The molecule has 1 unspecified atom stereocenters. The second-order valence-electron chi connectivity index (χ2n) is 4.98. The van der Waals surface area contributed by atoms with E-state index in [0.29, 0.717) is 6.54 Å². The Hall–Kier alpha value is -1.35. The van der Waals surface area contributed by atoms with Crippen LogP contribution in [-0.4, -0.2) is 17.7 Å². The third kappa shape index (κ3) is 3.35. The third-order valence-electron chi connectivity index (χ3n) is 3.51. The summed E-state index contributed by atoms with van der Waals surface area (Å²) < 4.78 is 0. The van der Waals surface area contributed by atoms with E-state index in [2.05, 4.69) is 6.92 Å². The first-order valence-corrected chi connectivity index (χ1v) is 7.08. The van der Waals surface area contributed by atoms with Crippen LogP contribution in [0.15, 0.2) is 24.3 Å². The van der Waals surface area contributed by atoms with Gasteiger partial charge in [-0.05, 0) is 42.1 Å². The molecule has 0 bridgehead atoms. The Labute approximate surface area is 118 Å². The van der Waals surface area contributed by atoms with Crippen LogP contribution in [0, 0.1) is 5.92 Å². The van der Waals surface area contributed by atoms with Crippen LogP contribution in [0.25, 0.3) is 0 Å². The van der Waals surface area contributed by atoms with Crippen LogP contribution in [-0.2, 0) is 16.0 Å².